The van der Waals surface area contributed by atoms with Crippen molar-refractivity contribution in [3.05, 3.63) is 41.7 Å². The highest BCUT2D eigenvalue weighted by Gasteiger charge is 2.26. The molecule has 1 N–H and O–H groups in total. The fourth-order valence-corrected chi connectivity index (χ4v) is 4.12. The van der Waals surface area contributed by atoms with Crippen LogP contribution in [0.25, 0.3) is 11.0 Å². The summed E-state index contributed by atoms with van der Waals surface area (Å²) < 4.78 is 10.6. The number of rotatable bonds is 7. The van der Waals surface area contributed by atoms with Crippen molar-refractivity contribution < 1.29 is 9.53 Å². The number of fused-ring (bicyclic) bond motifs is 1. The van der Waals surface area contributed by atoms with Crippen molar-refractivity contribution in [3.8, 4) is 5.88 Å². The Morgan fingerprint density at radius 2 is 2.16 bits per heavy atom. The van der Waals surface area contributed by atoms with Gasteiger partial charge in [0.05, 0.1) is 25.3 Å². The zero-order valence-electron chi connectivity index (χ0n) is 18.0. The van der Waals surface area contributed by atoms with E-state index in [-0.39, 0.29) is 17.4 Å². The first kappa shape index (κ1) is 20.7. The number of carbonyl (C=O) groups is 1. The lowest BCUT2D eigenvalue weighted by Crippen LogP contribution is -2.29. The van der Waals surface area contributed by atoms with Gasteiger partial charge in [-0.3, -0.25) is 14.3 Å². The molecule has 31 heavy (non-hydrogen) atoms. The van der Waals surface area contributed by atoms with E-state index in [0.717, 1.165) is 6.42 Å². The molecule has 1 fully saturated rings. The molecule has 3 aromatic rings. The normalized spacial score (nSPS) is 16.1. The Morgan fingerprint density at radius 3 is 2.87 bits per heavy atom. The number of hydrogen-bond donors (Lipinski definition) is 1. The number of aryl methyl sites for hydroxylation is 2. The van der Waals surface area contributed by atoms with Crippen LogP contribution in [0.2, 0.25) is 0 Å². The minimum Gasteiger partial charge on any atom is -0.478 e. The number of methoxy groups -OCH3 is 1. The SMILES string of the molecule is C=CC(=O)N1CCC(Cn2cc(Nc3cn(C)nc3OC)c3ncn(CC)c3c2=O)C1. The Morgan fingerprint density at radius 1 is 1.35 bits per heavy atom. The highest BCUT2D eigenvalue weighted by Crippen LogP contribution is 2.29. The number of amides is 1. The van der Waals surface area contributed by atoms with E-state index in [1.165, 1.54) is 6.08 Å². The summed E-state index contributed by atoms with van der Waals surface area (Å²) >= 11 is 0. The predicted molar refractivity (Wildman–Crippen MR) is 118 cm³/mol. The molecule has 4 heterocycles. The van der Waals surface area contributed by atoms with Crippen molar-refractivity contribution in [2.24, 2.45) is 13.0 Å². The van der Waals surface area contributed by atoms with Crippen LogP contribution in [0.15, 0.2) is 36.2 Å². The van der Waals surface area contributed by atoms with Crippen molar-refractivity contribution in [1.29, 1.82) is 0 Å². The number of hydrogen-bond acceptors (Lipinski definition) is 6. The number of anilines is 2. The van der Waals surface area contributed by atoms with Gasteiger partial charge in [0.1, 0.15) is 16.7 Å². The van der Waals surface area contributed by atoms with Crippen LogP contribution in [-0.2, 0) is 24.9 Å². The van der Waals surface area contributed by atoms with Gasteiger partial charge in [0.15, 0.2) is 0 Å². The van der Waals surface area contributed by atoms with Crippen LogP contribution in [-0.4, -0.2) is 54.9 Å². The first-order chi connectivity index (χ1) is 14.9. The predicted octanol–water partition coefficient (Wildman–Crippen LogP) is 1.74. The van der Waals surface area contributed by atoms with E-state index in [4.69, 9.17) is 4.74 Å². The molecule has 1 amide bonds. The molecular formula is C21H27N7O3. The highest BCUT2D eigenvalue weighted by molar-refractivity contribution is 5.90. The lowest BCUT2D eigenvalue weighted by atomic mass is 10.1. The molecule has 4 rings (SSSR count). The van der Waals surface area contributed by atoms with Crippen LogP contribution >= 0.6 is 0 Å². The molecule has 0 spiro atoms. The molecule has 10 nitrogen and oxygen atoms in total. The topological polar surface area (TPSA) is 99.2 Å². The molecule has 10 heteroatoms. The molecule has 1 aliphatic heterocycles. The number of carbonyl (C=O) groups excluding carboxylic acids is 1. The second kappa shape index (κ2) is 8.29. The maximum atomic E-state index is 13.3. The van der Waals surface area contributed by atoms with Gasteiger partial charge >= 0.3 is 0 Å². The van der Waals surface area contributed by atoms with Crippen molar-refractivity contribution in [1.82, 2.24) is 28.8 Å². The average Bonchev–Trinajstić information content (AvgIpc) is 3.48. The Bertz CT molecular complexity index is 1190. The van der Waals surface area contributed by atoms with Gasteiger partial charge in [-0.25, -0.2) is 4.98 Å². The van der Waals surface area contributed by atoms with Gasteiger partial charge in [-0.05, 0) is 25.3 Å². The van der Waals surface area contributed by atoms with Gasteiger partial charge in [0.25, 0.3) is 11.4 Å². The standard InChI is InChI=1S/C21H27N7O3/c1-5-17(29)27-8-7-14(9-27)10-28-12-15(23-16-11-25(3)24-20(16)31-4)18-19(21(28)30)26(6-2)13-22-18/h5,11-14,23H,1,6-10H2,2-4H3. The van der Waals surface area contributed by atoms with Gasteiger partial charge < -0.3 is 24.1 Å². The molecule has 1 aliphatic rings. The molecule has 1 atom stereocenters. The second-order valence-corrected chi connectivity index (χ2v) is 7.72. The molecule has 164 valence electrons. The quantitative estimate of drug-likeness (QED) is 0.579. The summed E-state index contributed by atoms with van der Waals surface area (Å²) in [6.07, 6.45) is 7.47. The molecular weight excluding hydrogens is 398 g/mol. The zero-order valence-corrected chi connectivity index (χ0v) is 18.0. The van der Waals surface area contributed by atoms with Crippen molar-refractivity contribution in [3.63, 3.8) is 0 Å². The van der Waals surface area contributed by atoms with Crippen LogP contribution in [0, 0.1) is 5.92 Å². The highest BCUT2D eigenvalue weighted by atomic mass is 16.5. The molecule has 0 radical (unpaired) electrons. The van der Waals surface area contributed by atoms with Gasteiger partial charge in [-0.1, -0.05) is 6.58 Å². The molecule has 1 unspecified atom stereocenters. The second-order valence-electron chi connectivity index (χ2n) is 7.72. The molecule has 0 bridgehead atoms. The Hall–Kier alpha value is -3.56. The number of pyridine rings is 1. The summed E-state index contributed by atoms with van der Waals surface area (Å²) in [7, 11) is 3.37. The Labute approximate surface area is 179 Å². The number of nitrogens with one attached hydrogen (secondary N) is 1. The largest absolute Gasteiger partial charge is 0.478 e. The number of aromatic nitrogens is 5. The summed E-state index contributed by atoms with van der Waals surface area (Å²) in [5.74, 6) is 0.580. The fraction of sp³-hybridized carbons (Fsp3) is 0.429. The Balaban J connectivity index is 1.72. The minimum absolute atomic E-state index is 0.0691. The van der Waals surface area contributed by atoms with Gasteiger partial charge in [0, 0.05) is 39.4 Å². The third kappa shape index (κ3) is 3.80. The lowest BCUT2D eigenvalue weighted by Gasteiger charge is -2.17. The summed E-state index contributed by atoms with van der Waals surface area (Å²) in [5, 5.41) is 7.61. The third-order valence-corrected chi connectivity index (χ3v) is 5.67. The van der Waals surface area contributed by atoms with Crippen LogP contribution in [0.3, 0.4) is 0 Å². The van der Waals surface area contributed by atoms with E-state index in [1.54, 1.807) is 33.8 Å². The van der Waals surface area contributed by atoms with Crippen LogP contribution < -0.4 is 15.6 Å². The van der Waals surface area contributed by atoms with Crippen LogP contribution in [0.4, 0.5) is 11.4 Å². The molecule has 0 aliphatic carbocycles. The van der Waals surface area contributed by atoms with E-state index in [2.05, 4.69) is 22.0 Å². The van der Waals surface area contributed by atoms with Crippen molar-refractivity contribution >= 4 is 28.3 Å². The number of imidazole rings is 1. The summed E-state index contributed by atoms with van der Waals surface area (Å²) in [5.41, 5.74) is 2.44. The van der Waals surface area contributed by atoms with Gasteiger partial charge in [0.2, 0.25) is 5.91 Å². The maximum Gasteiger partial charge on any atom is 0.276 e. The first-order valence-electron chi connectivity index (χ1n) is 10.3. The minimum atomic E-state index is -0.0912. The molecule has 0 saturated carbocycles. The van der Waals surface area contributed by atoms with Gasteiger partial charge in [-0.15, -0.1) is 5.10 Å². The Kier molecular flexibility index (Phi) is 5.53. The lowest BCUT2D eigenvalue weighted by molar-refractivity contribution is -0.125. The van der Waals surface area contributed by atoms with E-state index in [1.807, 2.05) is 24.7 Å². The summed E-state index contributed by atoms with van der Waals surface area (Å²) in [4.78, 5) is 31.5. The number of likely N-dealkylation sites (tertiary alicyclic amines) is 1. The van der Waals surface area contributed by atoms with Crippen LogP contribution in [0.1, 0.15) is 13.3 Å². The average molecular weight is 425 g/mol. The summed E-state index contributed by atoms with van der Waals surface area (Å²) in [6, 6.07) is 0. The van der Waals surface area contributed by atoms with Crippen molar-refractivity contribution in [2.45, 2.75) is 26.4 Å². The van der Waals surface area contributed by atoms with Gasteiger partial charge in [-0.2, -0.15) is 0 Å². The van der Waals surface area contributed by atoms with Crippen molar-refractivity contribution in [2.75, 3.05) is 25.5 Å². The van der Waals surface area contributed by atoms with E-state index >= 15 is 0 Å². The van der Waals surface area contributed by atoms with Crippen LogP contribution in [0.5, 0.6) is 5.88 Å². The monoisotopic (exact) mass is 425 g/mol. The van der Waals surface area contributed by atoms with E-state index in [9.17, 15) is 9.59 Å². The smallest absolute Gasteiger partial charge is 0.276 e. The zero-order chi connectivity index (χ0) is 22.1. The molecule has 1 saturated heterocycles. The fourth-order valence-electron chi connectivity index (χ4n) is 4.12. The molecule has 0 aromatic carbocycles. The first-order valence-corrected chi connectivity index (χ1v) is 10.3. The van der Waals surface area contributed by atoms with E-state index in [0.29, 0.717) is 54.5 Å². The maximum absolute atomic E-state index is 13.3. The number of nitrogens with zero attached hydrogens (tertiary/aromatic N) is 6. The van der Waals surface area contributed by atoms with E-state index < -0.39 is 0 Å². The number of ether oxygens (including phenoxy) is 1. The molecule has 3 aromatic heterocycles. The summed E-state index contributed by atoms with van der Waals surface area (Å²) in [6.45, 7) is 7.98. The third-order valence-electron chi connectivity index (χ3n) is 5.67.